The number of nitrogens with one attached hydrogen (secondary N) is 1. The van der Waals surface area contributed by atoms with E-state index in [-0.39, 0.29) is 11.8 Å². The van der Waals surface area contributed by atoms with Crippen molar-refractivity contribution in [1.82, 2.24) is 10.2 Å². The van der Waals surface area contributed by atoms with Crippen molar-refractivity contribution in [3.05, 3.63) is 59.7 Å². The standard InChI is InChI=1S/C25H32N2O2/c1-4-14-26-24(29)25(13-15-27(18-25)23(28)5-2)17-21-10-6-7-12-22(21)20-11-8-9-19(3)16-20/h6-12,16H,4-5,13-15,17-18H2,1-3H3,(H,26,29)/t25-/m1/s1. The Balaban J connectivity index is 1.95. The molecule has 1 atom stereocenters. The zero-order valence-electron chi connectivity index (χ0n) is 17.8. The van der Waals surface area contributed by atoms with E-state index in [0.29, 0.717) is 38.9 Å². The highest BCUT2D eigenvalue weighted by Crippen LogP contribution is 2.38. The average molecular weight is 393 g/mol. The van der Waals surface area contributed by atoms with E-state index in [1.165, 1.54) is 16.7 Å². The normalized spacial score (nSPS) is 18.7. The Labute approximate surface area is 174 Å². The molecule has 0 radical (unpaired) electrons. The van der Waals surface area contributed by atoms with Gasteiger partial charge in [0.05, 0.1) is 5.41 Å². The zero-order chi connectivity index (χ0) is 20.9. The Morgan fingerprint density at radius 1 is 1.10 bits per heavy atom. The molecule has 0 spiro atoms. The lowest BCUT2D eigenvalue weighted by molar-refractivity contribution is -0.133. The van der Waals surface area contributed by atoms with Crippen LogP contribution in [-0.2, 0) is 16.0 Å². The number of nitrogens with zero attached hydrogens (tertiary/aromatic N) is 1. The van der Waals surface area contributed by atoms with E-state index in [2.05, 4.69) is 55.6 Å². The van der Waals surface area contributed by atoms with E-state index in [4.69, 9.17) is 0 Å². The van der Waals surface area contributed by atoms with Gasteiger partial charge < -0.3 is 10.2 Å². The van der Waals surface area contributed by atoms with Gasteiger partial charge in [0, 0.05) is 26.1 Å². The SMILES string of the molecule is CCCNC(=O)[C@@]1(Cc2ccccc2-c2cccc(C)c2)CCN(C(=O)CC)C1. The number of likely N-dealkylation sites (tertiary alicyclic amines) is 1. The summed E-state index contributed by atoms with van der Waals surface area (Å²) < 4.78 is 0. The highest BCUT2D eigenvalue weighted by Gasteiger charge is 2.45. The van der Waals surface area contributed by atoms with Gasteiger partial charge in [-0.15, -0.1) is 0 Å². The summed E-state index contributed by atoms with van der Waals surface area (Å²) >= 11 is 0. The lowest BCUT2D eigenvalue weighted by Crippen LogP contribution is -2.45. The van der Waals surface area contributed by atoms with Crippen LogP contribution in [0.2, 0.25) is 0 Å². The van der Waals surface area contributed by atoms with Gasteiger partial charge in [0.15, 0.2) is 0 Å². The summed E-state index contributed by atoms with van der Waals surface area (Å²) in [6, 6.07) is 16.8. The van der Waals surface area contributed by atoms with Crippen molar-refractivity contribution in [3.8, 4) is 11.1 Å². The molecule has 0 unspecified atom stereocenters. The molecule has 2 aromatic carbocycles. The van der Waals surface area contributed by atoms with Crippen molar-refractivity contribution in [2.24, 2.45) is 5.41 Å². The highest BCUT2D eigenvalue weighted by atomic mass is 16.2. The van der Waals surface area contributed by atoms with Gasteiger partial charge in [-0.25, -0.2) is 0 Å². The molecule has 1 aliphatic rings. The van der Waals surface area contributed by atoms with Gasteiger partial charge in [-0.2, -0.15) is 0 Å². The molecule has 0 saturated carbocycles. The number of carbonyl (C=O) groups excluding carboxylic acids is 2. The third kappa shape index (κ3) is 4.69. The van der Waals surface area contributed by atoms with Gasteiger partial charge in [-0.1, -0.05) is 67.9 Å². The minimum atomic E-state index is -0.570. The van der Waals surface area contributed by atoms with Crippen LogP contribution in [0.25, 0.3) is 11.1 Å². The zero-order valence-corrected chi connectivity index (χ0v) is 17.8. The van der Waals surface area contributed by atoms with Crippen LogP contribution >= 0.6 is 0 Å². The Bertz CT molecular complexity index is 877. The quantitative estimate of drug-likeness (QED) is 0.761. The van der Waals surface area contributed by atoms with Crippen molar-refractivity contribution < 1.29 is 9.59 Å². The summed E-state index contributed by atoms with van der Waals surface area (Å²) in [7, 11) is 0. The maximum absolute atomic E-state index is 13.2. The summed E-state index contributed by atoms with van der Waals surface area (Å²) in [5.41, 5.74) is 4.15. The topological polar surface area (TPSA) is 49.4 Å². The second-order valence-electron chi connectivity index (χ2n) is 8.16. The van der Waals surface area contributed by atoms with Crippen LogP contribution in [0, 0.1) is 12.3 Å². The molecule has 3 rings (SSSR count). The number of hydrogen-bond donors (Lipinski definition) is 1. The Hall–Kier alpha value is -2.62. The molecule has 2 amide bonds. The molecule has 1 saturated heterocycles. The number of amides is 2. The first-order valence-electron chi connectivity index (χ1n) is 10.7. The second-order valence-corrected chi connectivity index (χ2v) is 8.16. The predicted octanol–water partition coefficient (Wildman–Crippen LogP) is 4.36. The summed E-state index contributed by atoms with van der Waals surface area (Å²) in [4.78, 5) is 27.4. The fourth-order valence-corrected chi connectivity index (χ4v) is 4.28. The third-order valence-corrected chi connectivity index (χ3v) is 5.90. The van der Waals surface area contributed by atoms with Crippen molar-refractivity contribution in [2.45, 2.75) is 46.5 Å². The summed E-state index contributed by atoms with van der Waals surface area (Å²) in [5, 5.41) is 3.10. The van der Waals surface area contributed by atoms with Crippen LogP contribution < -0.4 is 5.32 Å². The lowest BCUT2D eigenvalue weighted by Gasteiger charge is -2.29. The first kappa shape index (κ1) is 21.1. The molecule has 4 nitrogen and oxygen atoms in total. The van der Waals surface area contributed by atoms with E-state index < -0.39 is 5.41 Å². The smallest absolute Gasteiger partial charge is 0.228 e. The Kier molecular flexibility index (Phi) is 6.73. The van der Waals surface area contributed by atoms with Crippen LogP contribution in [0.3, 0.4) is 0 Å². The third-order valence-electron chi connectivity index (χ3n) is 5.90. The van der Waals surface area contributed by atoms with E-state index >= 15 is 0 Å². The number of benzene rings is 2. The molecule has 29 heavy (non-hydrogen) atoms. The average Bonchev–Trinajstić information content (AvgIpc) is 3.17. The van der Waals surface area contributed by atoms with Gasteiger partial charge in [-0.3, -0.25) is 9.59 Å². The first-order valence-corrected chi connectivity index (χ1v) is 10.7. The van der Waals surface area contributed by atoms with Crippen LogP contribution in [-0.4, -0.2) is 36.3 Å². The first-order chi connectivity index (χ1) is 14.0. The molecule has 1 fully saturated rings. The number of hydrogen-bond acceptors (Lipinski definition) is 2. The minimum absolute atomic E-state index is 0.0739. The fourth-order valence-electron chi connectivity index (χ4n) is 4.28. The molecule has 0 bridgehead atoms. The van der Waals surface area contributed by atoms with Gasteiger partial charge in [0.1, 0.15) is 0 Å². The summed E-state index contributed by atoms with van der Waals surface area (Å²) in [6.45, 7) is 7.85. The summed E-state index contributed by atoms with van der Waals surface area (Å²) in [5.74, 6) is 0.201. The molecule has 1 heterocycles. The van der Waals surface area contributed by atoms with E-state index in [9.17, 15) is 9.59 Å². The molecule has 154 valence electrons. The second kappa shape index (κ2) is 9.25. The Morgan fingerprint density at radius 3 is 2.62 bits per heavy atom. The highest BCUT2D eigenvalue weighted by molar-refractivity contribution is 5.86. The van der Waals surface area contributed by atoms with Crippen molar-refractivity contribution >= 4 is 11.8 Å². The summed E-state index contributed by atoms with van der Waals surface area (Å²) in [6.07, 6.45) is 2.72. The van der Waals surface area contributed by atoms with Gasteiger partial charge in [0.2, 0.25) is 11.8 Å². The van der Waals surface area contributed by atoms with Crippen LogP contribution in [0.15, 0.2) is 48.5 Å². The molecule has 0 aliphatic carbocycles. The number of aryl methyl sites for hydroxylation is 1. The number of rotatable bonds is 7. The van der Waals surface area contributed by atoms with E-state index in [1.54, 1.807) is 0 Å². The van der Waals surface area contributed by atoms with Gasteiger partial charge >= 0.3 is 0 Å². The Morgan fingerprint density at radius 2 is 1.90 bits per heavy atom. The van der Waals surface area contributed by atoms with Crippen molar-refractivity contribution in [3.63, 3.8) is 0 Å². The lowest BCUT2D eigenvalue weighted by atomic mass is 9.78. The molecule has 0 aromatic heterocycles. The van der Waals surface area contributed by atoms with Crippen LogP contribution in [0.1, 0.15) is 44.2 Å². The fraction of sp³-hybridized carbons (Fsp3) is 0.440. The molecule has 2 aromatic rings. The monoisotopic (exact) mass is 392 g/mol. The molecule has 4 heteroatoms. The van der Waals surface area contributed by atoms with Crippen LogP contribution in [0.4, 0.5) is 0 Å². The molecule has 1 N–H and O–H groups in total. The predicted molar refractivity (Wildman–Crippen MR) is 118 cm³/mol. The van der Waals surface area contributed by atoms with E-state index in [1.807, 2.05) is 24.0 Å². The van der Waals surface area contributed by atoms with E-state index in [0.717, 1.165) is 12.0 Å². The largest absolute Gasteiger partial charge is 0.356 e. The maximum atomic E-state index is 13.2. The number of carbonyl (C=O) groups is 2. The van der Waals surface area contributed by atoms with Gasteiger partial charge in [0.25, 0.3) is 0 Å². The van der Waals surface area contributed by atoms with Crippen LogP contribution in [0.5, 0.6) is 0 Å². The molecular formula is C25H32N2O2. The minimum Gasteiger partial charge on any atom is -0.356 e. The molecule has 1 aliphatic heterocycles. The molecular weight excluding hydrogens is 360 g/mol. The van der Waals surface area contributed by atoms with Crippen molar-refractivity contribution in [2.75, 3.05) is 19.6 Å². The van der Waals surface area contributed by atoms with Crippen molar-refractivity contribution in [1.29, 1.82) is 0 Å². The van der Waals surface area contributed by atoms with Gasteiger partial charge in [-0.05, 0) is 42.9 Å². The maximum Gasteiger partial charge on any atom is 0.228 e.